The first-order valence-corrected chi connectivity index (χ1v) is 4.64. The van der Waals surface area contributed by atoms with Gasteiger partial charge in [-0.1, -0.05) is 0 Å². The molecule has 0 atom stereocenters. The van der Waals surface area contributed by atoms with Crippen LogP contribution in [-0.2, 0) is 7.05 Å². The summed E-state index contributed by atoms with van der Waals surface area (Å²) in [7, 11) is 1.83. The van der Waals surface area contributed by atoms with Crippen molar-refractivity contribution in [3.63, 3.8) is 0 Å². The van der Waals surface area contributed by atoms with Crippen LogP contribution >= 0.6 is 0 Å². The highest BCUT2D eigenvalue weighted by Gasteiger charge is 2.19. The van der Waals surface area contributed by atoms with E-state index in [2.05, 4.69) is 15.4 Å². The number of nitrogens with one attached hydrogen (secondary N) is 1. The summed E-state index contributed by atoms with van der Waals surface area (Å²) in [6.07, 6.45) is 2.23. The van der Waals surface area contributed by atoms with E-state index in [0.717, 1.165) is 31.8 Å². The van der Waals surface area contributed by atoms with Crippen LogP contribution in [0.25, 0.3) is 0 Å². The number of nitrogens with zero attached hydrogens (tertiary/aromatic N) is 3. The van der Waals surface area contributed by atoms with Gasteiger partial charge in [0.05, 0.1) is 0 Å². The van der Waals surface area contributed by atoms with Gasteiger partial charge in [-0.15, -0.1) is 0 Å². The molecule has 3 N–H and O–H groups in total. The van der Waals surface area contributed by atoms with Gasteiger partial charge in [-0.2, -0.15) is 10.1 Å². The lowest BCUT2D eigenvalue weighted by Gasteiger charge is -2.19. The molecule has 1 aliphatic rings. The van der Waals surface area contributed by atoms with E-state index in [1.165, 1.54) is 0 Å². The largest absolute Gasteiger partial charge is 0.368 e. The first kappa shape index (κ1) is 8.50. The van der Waals surface area contributed by atoms with Crippen LogP contribution in [0.3, 0.4) is 0 Å². The SMILES string of the molecule is Cn1nc(C2CCNCC2)nc1N. The zero-order valence-electron chi connectivity index (χ0n) is 7.82. The standard InChI is InChI=1S/C8H15N5/c1-13-8(9)11-7(12-13)6-2-4-10-5-3-6/h6,10H,2-5H2,1H3,(H2,9,11,12). The fraction of sp³-hybridized carbons (Fsp3) is 0.750. The number of nitrogens with two attached hydrogens (primary N) is 1. The highest BCUT2D eigenvalue weighted by atomic mass is 15.4. The van der Waals surface area contributed by atoms with Gasteiger partial charge in [-0.3, -0.25) is 0 Å². The minimum absolute atomic E-state index is 0.491. The fourth-order valence-corrected chi connectivity index (χ4v) is 1.67. The number of aryl methyl sites for hydroxylation is 1. The summed E-state index contributed by atoms with van der Waals surface area (Å²) >= 11 is 0. The Morgan fingerprint density at radius 3 is 2.69 bits per heavy atom. The third-order valence-electron chi connectivity index (χ3n) is 2.52. The lowest BCUT2D eigenvalue weighted by Crippen LogP contribution is -2.27. The molecule has 0 spiro atoms. The quantitative estimate of drug-likeness (QED) is 0.633. The molecule has 0 aromatic carbocycles. The van der Waals surface area contributed by atoms with Crippen LogP contribution in [0.2, 0.25) is 0 Å². The highest BCUT2D eigenvalue weighted by Crippen LogP contribution is 2.22. The molecule has 1 aromatic heterocycles. The van der Waals surface area contributed by atoms with Crippen LogP contribution in [0.5, 0.6) is 0 Å². The third kappa shape index (κ3) is 1.65. The Labute approximate surface area is 77.3 Å². The van der Waals surface area contributed by atoms with Gasteiger partial charge < -0.3 is 11.1 Å². The summed E-state index contributed by atoms with van der Waals surface area (Å²) in [5, 5.41) is 7.60. The third-order valence-corrected chi connectivity index (χ3v) is 2.52. The summed E-state index contributed by atoms with van der Waals surface area (Å²) < 4.78 is 1.64. The average Bonchev–Trinajstić information content (AvgIpc) is 2.49. The van der Waals surface area contributed by atoms with Crippen molar-refractivity contribution in [2.75, 3.05) is 18.8 Å². The van der Waals surface area contributed by atoms with E-state index >= 15 is 0 Å². The Morgan fingerprint density at radius 2 is 2.15 bits per heavy atom. The molecule has 13 heavy (non-hydrogen) atoms. The van der Waals surface area contributed by atoms with Crippen molar-refractivity contribution in [1.82, 2.24) is 20.1 Å². The van der Waals surface area contributed by atoms with Gasteiger partial charge in [0, 0.05) is 13.0 Å². The molecule has 2 heterocycles. The molecule has 0 aliphatic carbocycles. The second-order valence-electron chi connectivity index (χ2n) is 3.48. The second-order valence-corrected chi connectivity index (χ2v) is 3.48. The number of anilines is 1. The minimum atomic E-state index is 0.491. The topological polar surface area (TPSA) is 68.8 Å². The van der Waals surface area contributed by atoms with Gasteiger partial charge >= 0.3 is 0 Å². The van der Waals surface area contributed by atoms with E-state index in [1.54, 1.807) is 4.68 Å². The van der Waals surface area contributed by atoms with E-state index in [1.807, 2.05) is 7.05 Å². The lowest BCUT2D eigenvalue weighted by atomic mass is 9.98. The first-order chi connectivity index (χ1) is 6.27. The molecule has 2 rings (SSSR count). The molecule has 0 radical (unpaired) electrons. The second kappa shape index (κ2) is 3.33. The Balaban J connectivity index is 2.14. The summed E-state index contributed by atoms with van der Waals surface area (Å²) in [6.45, 7) is 2.12. The maximum atomic E-state index is 5.62. The summed E-state index contributed by atoms with van der Waals surface area (Å²) in [5.74, 6) is 1.90. The lowest BCUT2D eigenvalue weighted by molar-refractivity contribution is 0.443. The van der Waals surface area contributed by atoms with Crippen molar-refractivity contribution in [2.45, 2.75) is 18.8 Å². The molecule has 1 aromatic rings. The number of rotatable bonds is 1. The predicted molar refractivity (Wildman–Crippen MR) is 50.3 cm³/mol. The van der Waals surface area contributed by atoms with Crippen LogP contribution < -0.4 is 11.1 Å². The highest BCUT2D eigenvalue weighted by molar-refractivity contribution is 5.17. The van der Waals surface area contributed by atoms with Crippen molar-refractivity contribution in [3.8, 4) is 0 Å². The molecular weight excluding hydrogens is 166 g/mol. The normalized spacial score (nSPS) is 19.2. The van der Waals surface area contributed by atoms with Crippen molar-refractivity contribution < 1.29 is 0 Å². The molecule has 5 heteroatoms. The Morgan fingerprint density at radius 1 is 1.46 bits per heavy atom. The van der Waals surface area contributed by atoms with E-state index in [9.17, 15) is 0 Å². The van der Waals surface area contributed by atoms with Crippen LogP contribution in [0.1, 0.15) is 24.6 Å². The minimum Gasteiger partial charge on any atom is -0.368 e. The summed E-state index contributed by atoms with van der Waals surface area (Å²) in [5.41, 5.74) is 5.62. The Kier molecular flexibility index (Phi) is 2.18. The number of piperidine rings is 1. The van der Waals surface area contributed by atoms with Crippen molar-refractivity contribution in [3.05, 3.63) is 5.82 Å². The van der Waals surface area contributed by atoms with E-state index in [0.29, 0.717) is 11.9 Å². The van der Waals surface area contributed by atoms with Gasteiger partial charge in [0.15, 0.2) is 5.82 Å². The monoisotopic (exact) mass is 181 g/mol. The van der Waals surface area contributed by atoms with Gasteiger partial charge in [0.1, 0.15) is 0 Å². The molecule has 0 amide bonds. The maximum Gasteiger partial charge on any atom is 0.218 e. The number of nitrogen functional groups attached to an aromatic ring is 1. The van der Waals surface area contributed by atoms with E-state index < -0.39 is 0 Å². The van der Waals surface area contributed by atoms with Gasteiger partial charge in [0.2, 0.25) is 5.95 Å². The molecular formula is C8H15N5. The predicted octanol–water partition coefficient (Wildman–Crippen LogP) is -0.136. The van der Waals surface area contributed by atoms with Gasteiger partial charge in [0.25, 0.3) is 0 Å². The summed E-state index contributed by atoms with van der Waals surface area (Å²) in [4.78, 5) is 4.24. The number of hydrogen-bond acceptors (Lipinski definition) is 4. The molecule has 5 nitrogen and oxygen atoms in total. The van der Waals surface area contributed by atoms with Crippen LogP contribution in [0, 0.1) is 0 Å². The average molecular weight is 181 g/mol. The van der Waals surface area contributed by atoms with Crippen molar-refractivity contribution >= 4 is 5.95 Å². The van der Waals surface area contributed by atoms with Crippen molar-refractivity contribution in [1.29, 1.82) is 0 Å². The van der Waals surface area contributed by atoms with Gasteiger partial charge in [-0.25, -0.2) is 4.68 Å². The zero-order valence-corrected chi connectivity index (χ0v) is 7.82. The smallest absolute Gasteiger partial charge is 0.218 e. The number of aromatic nitrogens is 3. The van der Waals surface area contributed by atoms with Crippen LogP contribution in [0.4, 0.5) is 5.95 Å². The Hall–Kier alpha value is -1.10. The van der Waals surface area contributed by atoms with Gasteiger partial charge in [-0.05, 0) is 25.9 Å². The molecule has 0 unspecified atom stereocenters. The van der Waals surface area contributed by atoms with Crippen LogP contribution in [0.15, 0.2) is 0 Å². The molecule has 0 bridgehead atoms. The maximum absolute atomic E-state index is 5.62. The number of hydrogen-bond donors (Lipinski definition) is 2. The van der Waals surface area contributed by atoms with E-state index in [4.69, 9.17) is 5.73 Å². The molecule has 1 fully saturated rings. The first-order valence-electron chi connectivity index (χ1n) is 4.64. The molecule has 0 saturated carbocycles. The molecule has 1 saturated heterocycles. The van der Waals surface area contributed by atoms with Crippen LogP contribution in [-0.4, -0.2) is 27.9 Å². The molecule has 1 aliphatic heterocycles. The van der Waals surface area contributed by atoms with Crippen molar-refractivity contribution in [2.24, 2.45) is 7.05 Å². The zero-order chi connectivity index (χ0) is 9.26. The van der Waals surface area contributed by atoms with E-state index in [-0.39, 0.29) is 0 Å². The fourth-order valence-electron chi connectivity index (χ4n) is 1.67. The molecule has 72 valence electrons. The summed E-state index contributed by atoms with van der Waals surface area (Å²) in [6, 6.07) is 0. The Bertz CT molecular complexity index is 267.